The Morgan fingerprint density at radius 2 is 2.10 bits per heavy atom. The fourth-order valence-electron chi connectivity index (χ4n) is 2.21. The Kier molecular flexibility index (Phi) is 3.81. The molecule has 1 aliphatic heterocycles. The molecule has 20 heavy (non-hydrogen) atoms. The van der Waals surface area contributed by atoms with Crippen LogP contribution in [0.4, 0.5) is 5.69 Å². The van der Waals surface area contributed by atoms with Crippen molar-refractivity contribution in [2.45, 2.75) is 24.3 Å². The molecular weight excluding hydrogens is 282 g/mol. The van der Waals surface area contributed by atoms with Crippen LogP contribution in [0.2, 0.25) is 0 Å². The molecule has 1 fully saturated rings. The summed E-state index contributed by atoms with van der Waals surface area (Å²) < 4.78 is 26.4. The van der Waals surface area contributed by atoms with Crippen LogP contribution in [-0.2, 0) is 10.0 Å². The molecular formula is C12H17N3O4S. The number of sulfonamides is 1. The van der Waals surface area contributed by atoms with Crippen LogP contribution in [0.3, 0.4) is 0 Å². The molecule has 0 amide bonds. The Morgan fingerprint density at radius 3 is 2.70 bits per heavy atom. The molecule has 0 atom stereocenters. The van der Waals surface area contributed by atoms with E-state index in [1.807, 2.05) is 13.8 Å². The number of nitrogens with one attached hydrogen (secondary N) is 1. The van der Waals surface area contributed by atoms with Gasteiger partial charge in [0.05, 0.1) is 9.82 Å². The standard InChI is InChI=1S/C12H17N3O4S/c1-12(2)9-14(7-6-13-12)20(18,19)11-5-3-4-10(8-11)15(16)17/h3-5,8,13H,6-7,9H2,1-2H3. The van der Waals surface area contributed by atoms with Crippen LogP contribution in [0.15, 0.2) is 29.2 Å². The minimum atomic E-state index is -3.70. The lowest BCUT2D eigenvalue weighted by Crippen LogP contribution is -2.58. The van der Waals surface area contributed by atoms with E-state index in [0.717, 1.165) is 6.07 Å². The molecule has 1 aliphatic rings. The van der Waals surface area contributed by atoms with Crippen molar-refractivity contribution in [3.63, 3.8) is 0 Å². The fraction of sp³-hybridized carbons (Fsp3) is 0.500. The van der Waals surface area contributed by atoms with Crippen molar-refractivity contribution in [2.75, 3.05) is 19.6 Å². The normalized spacial score (nSPS) is 19.7. The summed E-state index contributed by atoms with van der Waals surface area (Å²) >= 11 is 0. The van der Waals surface area contributed by atoms with Crippen LogP contribution < -0.4 is 5.32 Å². The van der Waals surface area contributed by atoms with Crippen molar-refractivity contribution >= 4 is 15.7 Å². The van der Waals surface area contributed by atoms with E-state index in [0.29, 0.717) is 19.6 Å². The zero-order valence-corrected chi connectivity index (χ0v) is 12.2. The van der Waals surface area contributed by atoms with Gasteiger partial charge in [0.15, 0.2) is 0 Å². The van der Waals surface area contributed by atoms with Gasteiger partial charge in [-0.15, -0.1) is 0 Å². The van der Waals surface area contributed by atoms with Crippen LogP contribution in [-0.4, -0.2) is 42.8 Å². The monoisotopic (exact) mass is 299 g/mol. The van der Waals surface area contributed by atoms with Gasteiger partial charge in [-0.2, -0.15) is 4.31 Å². The minimum absolute atomic E-state index is 0.0376. The van der Waals surface area contributed by atoms with Gasteiger partial charge >= 0.3 is 0 Å². The van der Waals surface area contributed by atoms with Gasteiger partial charge in [0.1, 0.15) is 0 Å². The quantitative estimate of drug-likeness (QED) is 0.663. The van der Waals surface area contributed by atoms with Crippen molar-refractivity contribution in [3.8, 4) is 0 Å². The first kappa shape index (κ1) is 14.9. The number of nitrogens with zero attached hydrogens (tertiary/aromatic N) is 2. The molecule has 0 bridgehead atoms. The second kappa shape index (κ2) is 5.12. The molecule has 8 heteroatoms. The summed E-state index contributed by atoms with van der Waals surface area (Å²) in [6.07, 6.45) is 0. The highest BCUT2D eigenvalue weighted by Crippen LogP contribution is 2.23. The SMILES string of the molecule is CC1(C)CN(S(=O)(=O)c2cccc([N+](=O)[O-])c2)CCN1. The van der Waals surface area contributed by atoms with E-state index < -0.39 is 14.9 Å². The minimum Gasteiger partial charge on any atom is -0.309 e. The van der Waals surface area contributed by atoms with Gasteiger partial charge < -0.3 is 5.32 Å². The highest BCUT2D eigenvalue weighted by molar-refractivity contribution is 7.89. The van der Waals surface area contributed by atoms with Gasteiger partial charge in [0.25, 0.3) is 5.69 Å². The molecule has 0 unspecified atom stereocenters. The second-order valence-electron chi connectivity index (χ2n) is 5.40. The van der Waals surface area contributed by atoms with Crippen LogP contribution in [0, 0.1) is 10.1 Å². The highest BCUT2D eigenvalue weighted by atomic mass is 32.2. The largest absolute Gasteiger partial charge is 0.309 e. The van der Waals surface area contributed by atoms with Crippen molar-refractivity contribution in [1.29, 1.82) is 0 Å². The molecule has 0 saturated carbocycles. The molecule has 7 nitrogen and oxygen atoms in total. The number of rotatable bonds is 3. The Balaban J connectivity index is 2.35. The highest BCUT2D eigenvalue weighted by Gasteiger charge is 2.34. The average Bonchev–Trinajstić information content (AvgIpc) is 2.37. The molecule has 2 rings (SSSR count). The van der Waals surface area contributed by atoms with E-state index in [9.17, 15) is 18.5 Å². The summed E-state index contributed by atoms with van der Waals surface area (Å²) in [6, 6.07) is 5.15. The molecule has 0 spiro atoms. The summed E-state index contributed by atoms with van der Waals surface area (Å²) in [5.74, 6) is 0. The number of hydrogen-bond acceptors (Lipinski definition) is 5. The summed E-state index contributed by atoms with van der Waals surface area (Å²) in [7, 11) is -3.70. The summed E-state index contributed by atoms with van der Waals surface area (Å²) in [5, 5.41) is 14.0. The van der Waals surface area contributed by atoms with Crippen LogP contribution in [0.1, 0.15) is 13.8 Å². The van der Waals surface area contributed by atoms with Crippen molar-refractivity contribution in [3.05, 3.63) is 34.4 Å². The second-order valence-corrected chi connectivity index (χ2v) is 7.34. The predicted molar refractivity (Wildman–Crippen MR) is 73.9 cm³/mol. The predicted octanol–water partition coefficient (Wildman–Crippen LogP) is 0.967. The Bertz CT molecular complexity index is 627. The van der Waals surface area contributed by atoms with E-state index in [4.69, 9.17) is 0 Å². The first-order valence-corrected chi connectivity index (χ1v) is 7.66. The van der Waals surface area contributed by atoms with Gasteiger partial charge in [-0.25, -0.2) is 8.42 Å². The number of nitro benzene ring substituents is 1. The lowest BCUT2D eigenvalue weighted by molar-refractivity contribution is -0.385. The molecule has 1 saturated heterocycles. The fourth-order valence-corrected chi connectivity index (χ4v) is 3.85. The molecule has 0 aromatic heterocycles. The lowest BCUT2D eigenvalue weighted by Gasteiger charge is -2.38. The molecule has 0 aliphatic carbocycles. The van der Waals surface area contributed by atoms with E-state index in [2.05, 4.69) is 5.32 Å². The Labute approximate surface area is 117 Å². The van der Waals surface area contributed by atoms with Crippen molar-refractivity contribution in [2.24, 2.45) is 0 Å². The summed E-state index contributed by atoms with van der Waals surface area (Å²) in [6.45, 7) is 5.08. The number of hydrogen-bond donors (Lipinski definition) is 1. The maximum atomic E-state index is 12.5. The van der Waals surface area contributed by atoms with Crippen molar-refractivity contribution < 1.29 is 13.3 Å². The number of piperazine rings is 1. The smallest absolute Gasteiger partial charge is 0.270 e. The number of benzene rings is 1. The summed E-state index contributed by atoms with van der Waals surface area (Å²) in [4.78, 5) is 10.1. The number of nitro groups is 1. The molecule has 0 radical (unpaired) electrons. The van der Waals surface area contributed by atoms with Crippen LogP contribution in [0.5, 0.6) is 0 Å². The lowest BCUT2D eigenvalue weighted by atomic mass is 10.0. The van der Waals surface area contributed by atoms with Gasteiger partial charge in [0.2, 0.25) is 10.0 Å². The zero-order chi connectivity index (χ0) is 15.0. The van der Waals surface area contributed by atoms with Gasteiger partial charge in [-0.1, -0.05) is 6.07 Å². The number of non-ortho nitro benzene ring substituents is 1. The first-order valence-electron chi connectivity index (χ1n) is 6.22. The van der Waals surface area contributed by atoms with E-state index >= 15 is 0 Å². The molecule has 1 aromatic carbocycles. The Hall–Kier alpha value is -1.51. The average molecular weight is 299 g/mol. The van der Waals surface area contributed by atoms with Crippen LogP contribution in [0.25, 0.3) is 0 Å². The molecule has 110 valence electrons. The van der Waals surface area contributed by atoms with E-state index in [1.165, 1.54) is 22.5 Å². The van der Waals surface area contributed by atoms with E-state index in [1.54, 1.807) is 0 Å². The molecule has 1 heterocycles. The topological polar surface area (TPSA) is 92.5 Å². The summed E-state index contributed by atoms with van der Waals surface area (Å²) in [5.41, 5.74) is -0.535. The maximum absolute atomic E-state index is 12.5. The molecule has 1 aromatic rings. The third kappa shape index (κ3) is 2.97. The maximum Gasteiger partial charge on any atom is 0.270 e. The van der Waals surface area contributed by atoms with Gasteiger partial charge in [0, 0.05) is 37.3 Å². The van der Waals surface area contributed by atoms with E-state index in [-0.39, 0.29) is 16.1 Å². The van der Waals surface area contributed by atoms with Gasteiger partial charge in [-0.3, -0.25) is 10.1 Å². The third-order valence-corrected chi connectivity index (χ3v) is 5.04. The Morgan fingerprint density at radius 1 is 1.40 bits per heavy atom. The zero-order valence-electron chi connectivity index (χ0n) is 11.4. The third-order valence-electron chi connectivity index (χ3n) is 3.20. The van der Waals surface area contributed by atoms with Crippen molar-refractivity contribution in [1.82, 2.24) is 9.62 Å². The first-order chi connectivity index (χ1) is 9.22. The van der Waals surface area contributed by atoms with Gasteiger partial charge in [-0.05, 0) is 19.9 Å². The van der Waals surface area contributed by atoms with Crippen LogP contribution >= 0.6 is 0 Å². The molecule has 1 N–H and O–H groups in total.